The summed E-state index contributed by atoms with van der Waals surface area (Å²) in [4.78, 5) is 37.3. The van der Waals surface area contributed by atoms with Crippen molar-refractivity contribution in [3.05, 3.63) is 59.7 Å². The van der Waals surface area contributed by atoms with Gasteiger partial charge in [-0.15, -0.1) is 12.3 Å². The molecule has 3 rings (SSSR count). The standard InChI is InChI=1S/C26H28N2O5/c1-3-10-23(25(31)28(2)16-9-8-15-24(29)30)27-26(32)33-17-22-20-13-6-4-11-18(20)19-12-5-7-14-21(19)22/h1,4-7,11-14,22-23H,8-10,15-17H2,2H3,(H,27,32)(H,29,30). The van der Waals surface area contributed by atoms with Gasteiger partial charge in [0.15, 0.2) is 0 Å². The van der Waals surface area contributed by atoms with Gasteiger partial charge in [0.1, 0.15) is 12.6 Å². The van der Waals surface area contributed by atoms with Crippen molar-refractivity contribution < 1.29 is 24.2 Å². The van der Waals surface area contributed by atoms with Gasteiger partial charge in [0.2, 0.25) is 5.91 Å². The molecule has 172 valence electrons. The summed E-state index contributed by atoms with van der Waals surface area (Å²) in [6.45, 7) is 0.515. The lowest BCUT2D eigenvalue weighted by Gasteiger charge is -2.23. The fourth-order valence-electron chi connectivity index (χ4n) is 4.10. The Hall–Kier alpha value is -3.79. The number of terminal acetylenes is 1. The Morgan fingerprint density at radius 2 is 1.70 bits per heavy atom. The summed E-state index contributed by atoms with van der Waals surface area (Å²) >= 11 is 0. The van der Waals surface area contributed by atoms with Crippen LogP contribution in [0.5, 0.6) is 0 Å². The molecule has 2 aromatic rings. The molecule has 0 bridgehead atoms. The Balaban J connectivity index is 1.58. The SMILES string of the molecule is C#CCC(NC(=O)OCC1c2ccccc2-c2ccccc21)C(=O)N(C)CCCCC(=O)O. The number of carbonyl (C=O) groups is 3. The third-order valence-corrected chi connectivity index (χ3v) is 5.77. The number of benzene rings is 2. The van der Waals surface area contributed by atoms with E-state index in [1.54, 1.807) is 7.05 Å². The number of rotatable bonds is 10. The van der Waals surface area contributed by atoms with Gasteiger partial charge < -0.3 is 20.1 Å². The average molecular weight is 449 g/mol. The molecule has 2 N–H and O–H groups in total. The molecule has 7 heteroatoms. The maximum atomic E-state index is 12.7. The number of unbranched alkanes of at least 4 members (excludes halogenated alkanes) is 1. The number of alkyl carbamates (subject to hydrolysis) is 1. The van der Waals surface area contributed by atoms with Gasteiger partial charge >= 0.3 is 12.1 Å². The quantitative estimate of drug-likeness (QED) is 0.427. The van der Waals surface area contributed by atoms with E-state index in [9.17, 15) is 14.4 Å². The highest BCUT2D eigenvalue weighted by molar-refractivity contribution is 5.86. The number of likely N-dealkylation sites (N-methyl/N-ethyl adjacent to an activating group) is 1. The first-order chi connectivity index (χ1) is 15.9. The average Bonchev–Trinajstić information content (AvgIpc) is 3.13. The lowest BCUT2D eigenvalue weighted by atomic mass is 9.98. The Morgan fingerprint density at radius 1 is 1.09 bits per heavy atom. The molecular weight excluding hydrogens is 420 g/mol. The summed E-state index contributed by atoms with van der Waals surface area (Å²) in [5.74, 6) is 1.13. The summed E-state index contributed by atoms with van der Waals surface area (Å²) in [6, 6.07) is 15.2. The van der Waals surface area contributed by atoms with Crippen LogP contribution >= 0.6 is 0 Å². The third-order valence-electron chi connectivity index (χ3n) is 5.77. The first-order valence-electron chi connectivity index (χ1n) is 10.9. The van der Waals surface area contributed by atoms with Crippen molar-refractivity contribution in [1.82, 2.24) is 10.2 Å². The van der Waals surface area contributed by atoms with Crippen LogP contribution in [0.2, 0.25) is 0 Å². The summed E-state index contributed by atoms with van der Waals surface area (Å²) < 4.78 is 5.52. The predicted molar refractivity (Wildman–Crippen MR) is 125 cm³/mol. The number of aliphatic carboxylic acids is 1. The molecule has 7 nitrogen and oxygen atoms in total. The molecule has 0 radical (unpaired) electrons. The molecule has 33 heavy (non-hydrogen) atoms. The van der Waals surface area contributed by atoms with Crippen LogP contribution in [0.4, 0.5) is 4.79 Å². The van der Waals surface area contributed by atoms with Crippen molar-refractivity contribution in [2.45, 2.75) is 37.6 Å². The second kappa shape index (κ2) is 11.2. The zero-order valence-electron chi connectivity index (χ0n) is 18.6. The lowest BCUT2D eigenvalue weighted by Crippen LogP contribution is -2.47. The minimum atomic E-state index is -0.907. The molecule has 0 spiro atoms. The van der Waals surface area contributed by atoms with Gasteiger partial charge in [-0.2, -0.15) is 0 Å². The zero-order chi connectivity index (χ0) is 23.8. The van der Waals surface area contributed by atoms with Crippen LogP contribution in [0, 0.1) is 12.3 Å². The smallest absolute Gasteiger partial charge is 0.407 e. The molecule has 1 aliphatic rings. The van der Waals surface area contributed by atoms with Crippen molar-refractivity contribution in [3.8, 4) is 23.5 Å². The van der Waals surface area contributed by atoms with Crippen molar-refractivity contribution in [3.63, 3.8) is 0 Å². The third kappa shape index (κ3) is 5.92. The van der Waals surface area contributed by atoms with Crippen LogP contribution < -0.4 is 5.32 Å². The molecule has 0 aromatic heterocycles. The molecular formula is C26H28N2O5. The Bertz CT molecular complexity index is 1010. The van der Waals surface area contributed by atoms with Crippen LogP contribution in [0.15, 0.2) is 48.5 Å². The van der Waals surface area contributed by atoms with Gasteiger partial charge in [0.05, 0.1) is 0 Å². The molecule has 0 saturated heterocycles. The summed E-state index contributed by atoms with van der Waals surface area (Å²) in [7, 11) is 1.60. The number of hydrogen-bond donors (Lipinski definition) is 2. The molecule has 1 aliphatic carbocycles. The van der Waals surface area contributed by atoms with Gasteiger partial charge in [-0.05, 0) is 35.1 Å². The number of carboxylic acids is 1. The number of nitrogens with zero attached hydrogens (tertiary/aromatic N) is 1. The second-order valence-electron chi connectivity index (χ2n) is 8.04. The molecule has 1 atom stereocenters. The lowest BCUT2D eigenvalue weighted by molar-refractivity contribution is -0.137. The molecule has 2 aromatic carbocycles. The van der Waals surface area contributed by atoms with E-state index in [-0.39, 0.29) is 31.3 Å². The monoisotopic (exact) mass is 448 g/mol. The maximum absolute atomic E-state index is 12.7. The number of ether oxygens (including phenoxy) is 1. The highest BCUT2D eigenvalue weighted by Gasteiger charge is 2.30. The fourth-order valence-corrected chi connectivity index (χ4v) is 4.10. The Labute approximate surface area is 193 Å². The van der Waals surface area contributed by atoms with Crippen LogP contribution in [-0.4, -0.2) is 54.2 Å². The number of hydrogen-bond acceptors (Lipinski definition) is 4. The highest BCUT2D eigenvalue weighted by Crippen LogP contribution is 2.44. The molecule has 0 fully saturated rings. The molecule has 2 amide bonds. The van der Waals surface area contributed by atoms with E-state index >= 15 is 0 Å². The Kier molecular flexibility index (Phi) is 8.09. The van der Waals surface area contributed by atoms with Crippen molar-refractivity contribution in [2.75, 3.05) is 20.2 Å². The molecule has 0 aliphatic heterocycles. The molecule has 0 heterocycles. The maximum Gasteiger partial charge on any atom is 0.407 e. The minimum Gasteiger partial charge on any atom is -0.481 e. The van der Waals surface area contributed by atoms with E-state index in [1.165, 1.54) is 4.90 Å². The van der Waals surface area contributed by atoms with E-state index in [0.717, 1.165) is 22.3 Å². The predicted octanol–water partition coefficient (Wildman–Crippen LogP) is 3.63. The van der Waals surface area contributed by atoms with Crippen LogP contribution in [0.25, 0.3) is 11.1 Å². The van der Waals surface area contributed by atoms with Crippen LogP contribution in [-0.2, 0) is 14.3 Å². The van der Waals surface area contributed by atoms with E-state index in [2.05, 4.69) is 23.4 Å². The Morgan fingerprint density at radius 3 is 2.27 bits per heavy atom. The minimum absolute atomic E-state index is 0.0303. The van der Waals surface area contributed by atoms with Gasteiger partial charge in [-0.1, -0.05) is 48.5 Å². The fraction of sp³-hybridized carbons (Fsp3) is 0.346. The number of nitrogens with one attached hydrogen (secondary N) is 1. The first kappa shape index (κ1) is 23.9. The first-order valence-corrected chi connectivity index (χ1v) is 10.9. The highest BCUT2D eigenvalue weighted by atomic mass is 16.5. The van der Waals surface area contributed by atoms with E-state index < -0.39 is 18.1 Å². The van der Waals surface area contributed by atoms with Gasteiger partial charge in [-0.25, -0.2) is 4.79 Å². The summed E-state index contributed by atoms with van der Waals surface area (Å²) in [5.41, 5.74) is 4.46. The topological polar surface area (TPSA) is 95.9 Å². The number of amides is 2. The molecule has 0 saturated carbocycles. The van der Waals surface area contributed by atoms with Crippen molar-refractivity contribution in [1.29, 1.82) is 0 Å². The van der Waals surface area contributed by atoms with Crippen molar-refractivity contribution >= 4 is 18.0 Å². The van der Waals surface area contributed by atoms with Gasteiger partial charge in [-0.3, -0.25) is 9.59 Å². The number of carbonyl (C=O) groups excluding carboxylic acids is 2. The van der Waals surface area contributed by atoms with E-state index in [4.69, 9.17) is 16.3 Å². The van der Waals surface area contributed by atoms with Crippen LogP contribution in [0.1, 0.15) is 42.7 Å². The normalized spacial score (nSPS) is 12.7. The van der Waals surface area contributed by atoms with Gasteiger partial charge in [0, 0.05) is 32.4 Å². The van der Waals surface area contributed by atoms with Gasteiger partial charge in [0.25, 0.3) is 0 Å². The summed E-state index contributed by atoms with van der Waals surface area (Å²) in [5, 5.41) is 11.3. The van der Waals surface area contributed by atoms with E-state index in [0.29, 0.717) is 19.4 Å². The number of fused-ring (bicyclic) bond motifs is 3. The second-order valence-corrected chi connectivity index (χ2v) is 8.04. The summed E-state index contributed by atoms with van der Waals surface area (Å²) in [6.07, 6.45) is 5.78. The zero-order valence-corrected chi connectivity index (χ0v) is 18.6. The largest absolute Gasteiger partial charge is 0.481 e. The molecule has 1 unspecified atom stereocenters. The van der Waals surface area contributed by atoms with E-state index in [1.807, 2.05) is 36.4 Å². The number of carboxylic acid groups (broad SMARTS) is 1. The van der Waals surface area contributed by atoms with Crippen molar-refractivity contribution in [2.24, 2.45) is 0 Å². The van der Waals surface area contributed by atoms with Crippen LogP contribution in [0.3, 0.4) is 0 Å².